The average Bonchev–Trinajstić information content (AvgIpc) is 2.93. The van der Waals surface area contributed by atoms with Crippen molar-refractivity contribution in [3.8, 4) is 0 Å². The highest BCUT2D eigenvalue weighted by atomic mass is 32.1. The number of carbonyl (C=O) groups excluding carboxylic acids is 2. The Morgan fingerprint density at radius 2 is 1.92 bits per heavy atom. The summed E-state index contributed by atoms with van der Waals surface area (Å²) in [6, 6.07) is 0. The second-order valence-corrected chi connectivity index (χ2v) is 8.69. The normalized spacial score (nSPS) is 21.4. The Bertz CT molecular complexity index is 665. The van der Waals surface area contributed by atoms with Crippen LogP contribution in [-0.2, 0) is 17.6 Å². The molecule has 0 aromatic carbocycles. The number of carbonyl (C=O) groups is 2. The van der Waals surface area contributed by atoms with Gasteiger partial charge in [-0.15, -0.1) is 11.3 Å². The van der Waals surface area contributed by atoms with Crippen LogP contribution in [0.4, 0.5) is 5.00 Å². The van der Waals surface area contributed by atoms with Crippen LogP contribution in [-0.4, -0.2) is 60.9 Å². The third-order valence-corrected chi connectivity index (χ3v) is 6.55. The van der Waals surface area contributed by atoms with E-state index in [4.69, 9.17) is 5.73 Å². The molecule has 0 saturated carbocycles. The Hall–Kier alpha value is -1.44. The largest absolute Gasteiger partial charge is 0.365 e. The zero-order valence-corrected chi connectivity index (χ0v) is 16.7. The average molecular weight is 379 g/mol. The van der Waals surface area contributed by atoms with Gasteiger partial charge in [0, 0.05) is 31.1 Å². The van der Waals surface area contributed by atoms with E-state index in [1.54, 1.807) is 0 Å². The lowest BCUT2D eigenvalue weighted by Gasteiger charge is -2.34. The van der Waals surface area contributed by atoms with Crippen molar-refractivity contribution in [1.29, 1.82) is 0 Å². The highest BCUT2D eigenvalue weighted by Crippen LogP contribution is 2.39. The Morgan fingerprint density at radius 3 is 2.58 bits per heavy atom. The molecule has 1 fully saturated rings. The SMILES string of the molecule is CCCN1CCN(CC(=O)Nc2sc3c(c2C(N)=O)CC[C@@H](C)C3)CC1. The monoisotopic (exact) mass is 378 g/mol. The molecule has 1 saturated heterocycles. The van der Waals surface area contributed by atoms with Crippen LogP contribution in [0.3, 0.4) is 0 Å². The number of nitrogens with zero attached hydrogens (tertiary/aromatic N) is 2. The molecule has 26 heavy (non-hydrogen) atoms. The highest BCUT2D eigenvalue weighted by Gasteiger charge is 2.27. The van der Waals surface area contributed by atoms with Gasteiger partial charge in [0.05, 0.1) is 12.1 Å². The molecule has 0 bridgehead atoms. The van der Waals surface area contributed by atoms with Gasteiger partial charge in [-0.1, -0.05) is 13.8 Å². The molecular weight excluding hydrogens is 348 g/mol. The van der Waals surface area contributed by atoms with Crippen molar-refractivity contribution in [3.05, 3.63) is 16.0 Å². The molecule has 1 aromatic rings. The maximum Gasteiger partial charge on any atom is 0.251 e. The number of nitrogens with one attached hydrogen (secondary N) is 1. The molecule has 6 nitrogen and oxygen atoms in total. The Morgan fingerprint density at radius 1 is 1.23 bits per heavy atom. The van der Waals surface area contributed by atoms with E-state index in [1.807, 2.05) is 0 Å². The van der Waals surface area contributed by atoms with Crippen molar-refractivity contribution < 1.29 is 9.59 Å². The van der Waals surface area contributed by atoms with Gasteiger partial charge in [-0.3, -0.25) is 14.5 Å². The number of primary amides is 1. The fourth-order valence-electron chi connectivity index (χ4n) is 3.96. The minimum Gasteiger partial charge on any atom is -0.365 e. The molecule has 0 spiro atoms. The fourth-order valence-corrected chi connectivity index (χ4v) is 5.39. The summed E-state index contributed by atoms with van der Waals surface area (Å²) in [5.74, 6) is 0.133. The number of fused-ring (bicyclic) bond motifs is 1. The Balaban J connectivity index is 1.62. The van der Waals surface area contributed by atoms with Gasteiger partial charge >= 0.3 is 0 Å². The minimum atomic E-state index is -0.430. The first-order valence-corrected chi connectivity index (χ1v) is 10.5. The molecule has 0 unspecified atom stereocenters. The van der Waals surface area contributed by atoms with E-state index < -0.39 is 5.91 Å². The molecule has 0 radical (unpaired) electrons. The standard InChI is InChI=1S/C19H30N4O2S/c1-3-6-22-7-9-23(10-8-22)12-16(24)21-19-17(18(20)25)14-5-4-13(2)11-15(14)26-19/h13H,3-12H2,1-2H3,(H2,20,25)(H,21,24)/t13-/m1/s1. The molecule has 2 heterocycles. The van der Waals surface area contributed by atoms with Crippen LogP contribution in [0.5, 0.6) is 0 Å². The number of hydrogen-bond donors (Lipinski definition) is 2. The van der Waals surface area contributed by atoms with Gasteiger partial charge in [0.15, 0.2) is 0 Å². The van der Waals surface area contributed by atoms with E-state index in [-0.39, 0.29) is 5.91 Å². The lowest BCUT2D eigenvalue weighted by molar-refractivity contribution is -0.117. The van der Waals surface area contributed by atoms with E-state index in [2.05, 4.69) is 29.0 Å². The summed E-state index contributed by atoms with van der Waals surface area (Å²) in [4.78, 5) is 30.3. The van der Waals surface area contributed by atoms with Crippen molar-refractivity contribution in [3.63, 3.8) is 0 Å². The summed E-state index contributed by atoms with van der Waals surface area (Å²) in [5.41, 5.74) is 7.22. The van der Waals surface area contributed by atoms with Crippen molar-refractivity contribution in [1.82, 2.24) is 9.80 Å². The van der Waals surface area contributed by atoms with Crippen LogP contribution < -0.4 is 11.1 Å². The predicted octanol–water partition coefficient (Wildman–Crippen LogP) is 1.94. The second-order valence-electron chi connectivity index (χ2n) is 7.59. The summed E-state index contributed by atoms with van der Waals surface area (Å²) in [6.07, 6.45) is 4.08. The van der Waals surface area contributed by atoms with Gasteiger partial charge in [-0.05, 0) is 43.7 Å². The number of amides is 2. The number of nitrogens with two attached hydrogens (primary N) is 1. The number of thiophene rings is 1. The van der Waals surface area contributed by atoms with E-state index in [0.717, 1.165) is 64.0 Å². The molecule has 1 atom stereocenters. The summed E-state index contributed by atoms with van der Waals surface area (Å²) in [5, 5.41) is 3.62. The Labute approximate surface area is 159 Å². The topological polar surface area (TPSA) is 78.7 Å². The first-order chi connectivity index (χ1) is 12.5. The van der Waals surface area contributed by atoms with Crippen LogP contribution in [0, 0.1) is 5.92 Å². The minimum absolute atomic E-state index is 0.0527. The molecule has 3 N–H and O–H groups in total. The van der Waals surface area contributed by atoms with Crippen molar-refractivity contribution >= 4 is 28.2 Å². The number of anilines is 1. The predicted molar refractivity (Wildman–Crippen MR) is 106 cm³/mol. The van der Waals surface area contributed by atoms with Crippen molar-refractivity contribution in [2.75, 3.05) is 44.6 Å². The molecule has 3 rings (SSSR count). The third kappa shape index (κ3) is 4.45. The smallest absolute Gasteiger partial charge is 0.251 e. The van der Waals surface area contributed by atoms with Crippen LogP contribution in [0.2, 0.25) is 0 Å². The molecule has 144 valence electrons. The second kappa shape index (κ2) is 8.50. The van der Waals surface area contributed by atoms with Gasteiger partial charge in [-0.25, -0.2) is 0 Å². The first-order valence-electron chi connectivity index (χ1n) is 9.66. The van der Waals surface area contributed by atoms with E-state index in [1.165, 1.54) is 16.2 Å². The maximum absolute atomic E-state index is 12.5. The van der Waals surface area contributed by atoms with Gasteiger partial charge in [0.25, 0.3) is 5.91 Å². The molecule has 1 aliphatic heterocycles. The Kier molecular flexibility index (Phi) is 6.32. The van der Waals surface area contributed by atoms with Crippen LogP contribution >= 0.6 is 11.3 Å². The van der Waals surface area contributed by atoms with Crippen LogP contribution in [0.15, 0.2) is 0 Å². The van der Waals surface area contributed by atoms with Gasteiger partial charge in [0.2, 0.25) is 5.91 Å². The number of hydrogen-bond acceptors (Lipinski definition) is 5. The molecular formula is C19H30N4O2S. The highest BCUT2D eigenvalue weighted by molar-refractivity contribution is 7.17. The molecule has 1 aromatic heterocycles. The number of piperazine rings is 1. The lowest BCUT2D eigenvalue weighted by Crippen LogP contribution is -2.48. The lowest BCUT2D eigenvalue weighted by atomic mass is 9.88. The van der Waals surface area contributed by atoms with Gasteiger partial charge < -0.3 is 16.0 Å². The van der Waals surface area contributed by atoms with Gasteiger partial charge in [0.1, 0.15) is 5.00 Å². The van der Waals surface area contributed by atoms with Crippen LogP contribution in [0.25, 0.3) is 0 Å². The van der Waals surface area contributed by atoms with E-state index >= 15 is 0 Å². The first kappa shape index (κ1) is 19.3. The van der Waals surface area contributed by atoms with E-state index in [9.17, 15) is 9.59 Å². The summed E-state index contributed by atoms with van der Waals surface area (Å²) >= 11 is 1.53. The third-order valence-electron chi connectivity index (χ3n) is 5.38. The quantitative estimate of drug-likeness (QED) is 0.793. The summed E-state index contributed by atoms with van der Waals surface area (Å²) in [7, 11) is 0. The number of rotatable bonds is 6. The molecule has 2 aliphatic rings. The summed E-state index contributed by atoms with van der Waals surface area (Å²) in [6.45, 7) is 9.76. The summed E-state index contributed by atoms with van der Waals surface area (Å²) < 4.78 is 0. The van der Waals surface area contributed by atoms with Crippen LogP contribution in [0.1, 0.15) is 47.5 Å². The maximum atomic E-state index is 12.5. The fraction of sp³-hybridized carbons (Fsp3) is 0.684. The molecule has 2 amide bonds. The zero-order chi connectivity index (χ0) is 18.7. The van der Waals surface area contributed by atoms with Gasteiger partial charge in [-0.2, -0.15) is 0 Å². The van der Waals surface area contributed by atoms with Crippen molar-refractivity contribution in [2.24, 2.45) is 11.7 Å². The molecule has 7 heteroatoms. The zero-order valence-electron chi connectivity index (χ0n) is 15.8. The van der Waals surface area contributed by atoms with E-state index in [0.29, 0.717) is 23.0 Å². The molecule has 1 aliphatic carbocycles. The van der Waals surface area contributed by atoms with Crippen molar-refractivity contribution in [2.45, 2.75) is 39.5 Å².